The molecular weight excluding hydrogens is 418 g/mol. The lowest BCUT2D eigenvalue weighted by Crippen LogP contribution is -2.40. The Morgan fingerprint density at radius 3 is 2.58 bits per heavy atom. The van der Waals surface area contributed by atoms with E-state index in [0.29, 0.717) is 23.2 Å². The molecule has 2 heterocycles. The molecule has 0 radical (unpaired) electrons. The van der Waals surface area contributed by atoms with Crippen LogP contribution < -0.4 is 5.32 Å². The van der Waals surface area contributed by atoms with Crippen LogP contribution in [0.1, 0.15) is 36.6 Å². The average Bonchev–Trinajstić information content (AvgIpc) is 3.44. The fraction of sp³-hybridized carbons (Fsp3) is 0.269. The van der Waals surface area contributed by atoms with Crippen LogP contribution in [0.2, 0.25) is 0 Å². The van der Waals surface area contributed by atoms with Gasteiger partial charge in [0.2, 0.25) is 5.91 Å². The third kappa shape index (κ3) is 5.04. The fourth-order valence-electron chi connectivity index (χ4n) is 3.72. The third-order valence-corrected chi connectivity index (χ3v) is 5.77. The van der Waals surface area contributed by atoms with Crippen LogP contribution in [0, 0.1) is 0 Å². The van der Waals surface area contributed by atoms with Crippen LogP contribution in [0.25, 0.3) is 22.2 Å². The Labute approximate surface area is 192 Å². The molecule has 2 aromatic carbocycles. The van der Waals surface area contributed by atoms with Crippen molar-refractivity contribution in [3.63, 3.8) is 0 Å². The van der Waals surface area contributed by atoms with E-state index in [2.05, 4.69) is 10.5 Å². The lowest BCUT2D eigenvalue weighted by atomic mass is 10.1. The van der Waals surface area contributed by atoms with Crippen LogP contribution in [0.4, 0.5) is 5.69 Å². The van der Waals surface area contributed by atoms with Gasteiger partial charge in [0.05, 0.1) is 11.7 Å². The molecule has 2 aromatic heterocycles. The molecule has 7 nitrogen and oxygen atoms in total. The first-order valence-electron chi connectivity index (χ1n) is 11.0. The lowest BCUT2D eigenvalue weighted by Gasteiger charge is -2.23. The number of likely N-dealkylation sites (N-methyl/N-ethyl adjacent to an activating group) is 1. The molecule has 1 unspecified atom stereocenters. The number of aromatic nitrogens is 1. The van der Waals surface area contributed by atoms with E-state index in [0.717, 1.165) is 29.9 Å². The predicted molar refractivity (Wildman–Crippen MR) is 127 cm³/mol. The highest BCUT2D eigenvalue weighted by molar-refractivity contribution is 6.11. The van der Waals surface area contributed by atoms with E-state index in [4.69, 9.17) is 8.94 Å². The number of hydrogen-bond donors (Lipinski definition) is 1. The molecule has 33 heavy (non-hydrogen) atoms. The molecule has 0 spiro atoms. The van der Waals surface area contributed by atoms with E-state index in [-0.39, 0.29) is 17.5 Å². The molecule has 1 N–H and O–H groups in total. The van der Waals surface area contributed by atoms with Crippen molar-refractivity contribution in [3.05, 3.63) is 72.2 Å². The Kier molecular flexibility index (Phi) is 6.70. The quantitative estimate of drug-likeness (QED) is 0.357. The predicted octanol–water partition coefficient (Wildman–Crippen LogP) is 5.18. The molecular formula is C26H27N3O4. The number of aryl methyl sites for hydroxylation is 1. The monoisotopic (exact) mass is 445 g/mol. The SMILES string of the molecule is CC(=O)c1oc2ccccc2c1NC(=O)C(C)N(C)CCCc1cc(-c2ccccc2)no1. The van der Waals surface area contributed by atoms with E-state index in [1.165, 1.54) is 6.92 Å². The molecule has 1 atom stereocenters. The van der Waals surface area contributed by atoms with Gasteiger partial charge in [-0.05, 0) is 39.1 Å². The molecule has 0 aliphatic heterocycles. The van der Waals surface area contributed by atoms with Gasteiger partial charge in [-0.25, -0.2) is 0 Å². The van der Waals surface area contributed by atoms with Crippen molar-refractivity contribution in [1.82, 2.24) is 10.1 Å². The number of fused-ring (bicyclic) bond motifs is 1. The highest BCUT2D eigenvalue weighted by Crippen LogP contribution is 2.31. The van der Waals surface area contributed by atoms with Gasteiger partial charge in [-0.1, -0.05) is 47.6 Å². The van der Waals surface area contributed by atoms with E-state index >= 15 is 0 Å². The van der Waals surface area contributed by atoms with E-state index in [1.807, 2.05) is 73.5 Å². The van der Waals surface area contributed by atoms with Crippen LogP contribution in [0.5, 0.6) is 0 Å². The molecule has 0 saturated heterocycles. The lowest BCUT2D eigenvalue weighted by molar-refractivity contribution is -0.120. The maximum absolute atomic E-state index is 12.9. The number of ketones is 1. The maximum Gasteiger partial charge on any atom is 0.241 e. The van der Waals surface area contributed by atoms with E-state index in [1.54, 1.807) is 6.07 Å². The summed E-state index contributed by atoms with van der Waals surface area (Å²) < 4.78 is 11.1. The number of carbonyl (C=O) groups excluding carboxylic acids is 2. The molecule has 0 aliphatic rings. The summed E-state index contributed by atoms with van der Waals surface area (Å²) in [5.74, 6) is 0.552. The molecule has 4 aromatic rings. The van der Waals surface area contributed by atoms with Crippen molar-refractivity contribution >= 4 is 28.3 Å². The maximum atomic E-state index is 12.9. The number of carbonyl (C=O) groups is 2. The average molecular weight is 446 g/mol. The second-order valence-electron chi connectivity index (χ2n) is 8.15. The summed E-state index contributed by atoms with van der Waals surface area (Å²) in [4.78, 5) is 26.9. The number of hydrogen-bond acceptors (Lipinski definition) is 6. The molecule has 170 valence electrons. The van der Waals surface area contributed by atoms with Gasteiger partial charge < -0.3 is 14.3 Å². The number of furan rings is 1. The highest BCUT2D eigenvalue weighted by atomic mass is 16.5. The Bertz CT molecular complexity index is 1260. The van der Waals surface area contributed by atoms with E-state index < -0.39 is 6.04 Å². The molecule has 0 bridgehead atoms. The minimum absolute atomic E-state index is 0.166. The van der Waals surface area contributed by atoms with Gasteiger partial charge in [0.1, 0.15) is 17.0 Å². The largest absolute Gasteiger partial charge is 0.451 e. The third-order valence-electron chi connectivity index (χ3n) is 5.77. The highest BCUT2D eigenvalue weighted by Gasteiger charge is 2.23. The standard InChI is InChI=1S/C26H27N3O4/c1-17(26(31)27-24-21-13-7-8-14-23(21)32-25(24)18(2)30)29(3)15-9-12-20-16-22(28-33-20)19-10-5-4-6-11-19/h4-8,10-11,13-14,16-17H,9,12,15H2,1-3H3,(H,27,31). The summed E-state index contributed by atoms with van der Waals surface area (Å²) in [6.45, 7) is 3.96. The zero-order valence-corrected chi connectivity index (χ0v) is 19.0. The summed E-state index contributed by atoms with van der Waals surface area (Å²) in [7, 11) is 1.90. The summed E-state index contributed by atoms with van der Waals surface area (Å²) in [6.07, 6.45) is 1.53. The first kappa shape index (κ1) is 22.5. The summed E-state index contributed by atoms with van der Waals surface area (Å²) in [5, 5.41) is 7.76. The first-order chi connectivity index (χ1) is 15.9. The second kappa shape index (κ2) is 9.83. The van der Waals surface area contributed by atoms with Crippen molar-refractivity contribution in [2.24, 2.45) is 0 Å². The zero-order chi connectivity index (χ0) is 23.4. The summed E-state index contributed by atoms with van der Waals surface area (Å²) >= 11 is 0. The molecule has 4 rings (SSSR count). The van der Waals surface area contributed by atoms with Crippen LogP contribution in [0.3, 0.4) is 0 Å². The van der Waals surface area contributed by atoms with E-state index in [9.17, 15) is 9.59 Å². The Hall–Kier alpha value is -3.71. The van der Waals surface area contributed by atoms with Gasteiger partial charge in [0.25, 0.3) is 0 Å². The Balaban J connectivity index is 1.34. The van der Waals surface area contributed by atoms with Gasteiger partial charge in [0.15, 0.2) is 11.5 Å². The zero-order valence-electron chi connectivity index (χ0n) is 19.0. The number of anilines is 1. The molecule has 0 aliphatic carbocycles. The van der Waals surface area contributed by atoms with Crippen molar-refractivity contribution in [3.8, 4) is 11.3 Å². The normalized spacial score (nSPS) is 12.2. The van der Waals surface area contributed by atoms with Gasteiger partial charge in [-0.2, -0.15) is 0 Å². The van der Waals surface area contributed by atoms with Gasteiger partial charge in [-0.3, -0.25) is 14.5 Å². The van der Waals surface area contributed by atoms with Crippen LogP contribution in [-0.2, 0) is 11.2 Å². The van der Waals surface area contributed by atoms with Crippen molar-refractivity contribution in [2.75, 3.05) is 18.9 Å². The van der Waals surface area contributed by atoms with Crippen LogP contribution in [-0.4, -0.2) is 41.4 Å². The summed E-state index contributed by atoms with van der Waals surface area (Å²) in [5.41, 5.74) is 2.84. The summed E-state index contributed by atoms with van der Waals surface area (Å²) in [6, 6.07) is 18.7. The number of nitrogens with zero attached hydrogens (tertiary/aromatic N) is 2. The van der Waals surface area contributed by atoms with Gasteiger partial charge in [0, 0.05) is 30.4 Å². The van der Waals surface area contributed by atoms with Gasteiger partial charge >= 0.3 is 0 Å². The number of benzene rings is 2. The number of rotatable bonds is 9. The van der Waals surface area contributed by atoms with Crippen LogP contribution >= 0.6 is 0 Å². The molecule has 7 heteroatoms. The van der Waals surface area contributed by atoms with Crippen molar-refractivity contribution < 1.29 is 18.5 Å². The molecule has 1 amide bonds. The van der Waals surface area contributed by atoms with Gasteiger partial charge in [-0.15, -0.1) is 0 Å². The number of para-hydroxylation sites is 1. The molecule has 0 saturated carbocycles. The minimum atomic E-state index is -0.395. The number of nitrogens with one attached hydrogen (secondary N) is 1. The van der Waals surface area contributed by atoms with Crippen LogP contribution in [0.15, 0.2) is 69.6 Å². The van der Waals surface area contributed by atoms with Crippen molar-refractivity contribution in [2.45, 2.75) is 32.7 Å². The molecule has 0 fully saturated rings. The topological polar surface area (TPSA) is 88.6 Å². The number of amides is 1. The minimum Gasteiger partial charge on any atom is -0.451 e. The fourth-order valence-corrected chi connectivity index (χ4v) is 3.72. The Morgan fingerprint density at radius 1 is 1.09 bits per heavy atom. The first-order valence-corrected chi connectivity index (χ1v) is 11.0. The van der Waals surface area contributed by atoms with Crippen molar-refractivity contribution in [1.29, 1.82) is 0 Å². The Morgan fingerprint density at radius 2 is 1.82 bits per heavy atom. The number of Topliss-reactive ketones (excluding diaryl/α,β-unsaturated/α-hetero) is 1. The smallest absolute Gasteiger partial charge is 0.241 e. The second-order valence-corrected chi connectivity index (χ2v) is 8.15.